The van der Waals surface area contributed by atoms with Crippen LogP contribution in [0.25, 0.3) is 22.2 Å². The first-order valence-electron chi connectivity index (χ1n) is 11.2. The number of thioether (sulfide) groups is 1. The molecule has 0 saturated carbocycles. The van der Waals surface area contributed by atoms with E-state index in [-0.39, 0.29) is 36.6 Å². The van der Waals surface area contributed by atoms with Crippen molar-refractivity contribution in [1.29, 1.82) is 0 Å². The minimum atomic E-state index is -0.927. The molecule has 8 nitrogen and oxygen atoms in total. The number of carbonyl (C=O) groups excluding carboxylic acids is 1. The molecule has 0 radical (unpaired) electrons. The number of hydrogen-bond donors (Lipinski definition) is 2. The van der Waals surface area contributed by atoms with Crippen LogP contribution in [0.15, 0.2) is 69.9 Å². The van der Waals surface area contributed by atoms with Crippen molar-refractivity contribution in [3.05, 3.63) is 70.3 Å². The number of aliphatic carboxylic acids is 1. The van der Waals surface area contributed by atoms with Crippen molar-refractivity contribution in [3.63, 3.8) is 0 Å². The van der Waals surface area contributed by atoms with E-state index in [4.69, 9.17) is 5.11 Å². The Morgan fingerprint density at radius 3 is 2.51 bits per heavy atom. The number of benzene rings is 2. The molecule has 0 saturated heterocycles. The van der Waals surface area contributed by atoms with Crippen molar-refractivity contribution >= 4 is 51.0 Å². The fourth-order valence-electron chi connectivity index (χ4n) is 3.20. The Morgan fingerprint density at radius 2 is 1.77 bits per heavy atom. The van der Waals surface area contributed by atoms with Gasteiger partial charge in [0.25, 0.3) is 5.56 Å². The van der Waals surface area contributed by atoms with Gasteiger partial charge in [-0.05, 0) is 18.6 Å². The molecule has 35 heavy (non-hydrogen) atoms. The number of carbonyl (C=O) groups is 2. The highest BCUT2D eigenvalue weighted by Gasteiger charge is 2.15. The summed E-state index contributed by atoms with van der Waals surface area (Å²) in [5.41, 5.74) is 2.04. The van der Waals surface area contributed by atoms with Crippen molar-refractivity contribution in [2.75, 3.05) is 11.1 Å². The third-order valence-electron chi connectivity index (χ3n) is 4.75. The van der Waals surface area contributed by atoms with Crippen LogP contribution in [0.2, 0.25) is 0 Å². The molecule has 0 aliphatic heterocycles. The molecule has 0 atom stereocenters. The molecular formula is C25H26N4O4S2. The predicted octanol–water partition coefficient (Wildman–Crippen LogP) is 5.14. The van der Waals surface area contributed by atoms with E-state index in [1.807, 2.05) is 49.6 Å². The summed E-state index contributed by atoms with van der Waals surface area (Å²) in [5, 5.41) is 14.9. The van der Waals surface area contributed by atoms with E-state index in [1.165, 1.54) is 15.9 Å². The predicted molar refractivity (Wildman–Crippen MR) is 141 cm³/mol. The van der Waals surface area contributed by atoms with Gasteiger partial charge in [0.05, 0.1) is 22.3 Å². The minimum absolute atomic E-state index is 0.0317. The first-order valence-corrected chi connectivity index (χ1v) is 13.0. The van der Waals surface area contributed by atoms with Gasteiger partial charge in [-0.1, -0.05) is 68.1 Å². The molecule has 0 bridgehead atoms. The largest absolute Gasteiger partial charge is 0.481 e. The maximum atomic E-state index is 13.0. The lowest BCUT2D eigenvalue weighted by molar-refractivity contribution is -0.137. The van der Waals surface area contributed by atoms with Crippen LogP contribution >= 0.6 is 23.1 Å². The molecule has 0 fully saturated rings. The van der Waals surface area contributed by atoms with Crippen LogP contribution < -0.4 is 10.9 Å². The molecular weight excluding hydrogens is 484 g/mol. The van der Waals surface area contributed by atoms with E-state index in [1.54, 1.807) is 24.3 Å². The number of aromatic nitrogens is 3. The summed E-state index contributed by atoms with van der Waals surface area (Å²) >= 11 is 2.47. The Bertz CT molecular complexity index is 1350. The van der Waals surface area contributed by atoms with Crippen molar-refractivity contribution < 1.29 is 14.7 Å². The van der Waals surface area contributed by atoms with Crippen molar-refractivity contribution in [2.45, 2.75) is 38.4 Å². The molecule has 0 spiro atoms. The smallest absolute Gasteiger partial charge is 0.303 e. The zero-order valence-electron chi connectivity index (χ0n) is 19.4. The van der Waals surface area contributed by atoms with Crippen LogP contribution in [0.1, 0.15) is 26.7 Å². The molecule has 0 unspecified atom stereocenters. The van der Waals surface area contributed by atoms with Crippen molar-refractivity contribution in [3.8, 4) is 11.3 Å². The van der Waals surface area contributed by atoms with Gasteiger partial charge in [-0.2, -0.15) is 0 Å². The van der Waals surface area contributed by atoms with E-state index < -0.39 is 5.97 Å². The zero-order valence-corrected chi connectivity index (χ0v) is 21.1. The number of anilines is 1. The number of thiazole rings is 1. The van der Waals surface area contributed by atoms with E-state index in [2.05, 4.69) is 15.3 Å². The molecule has 2 heterocycles. The molecule has 10 heteroatoms. The normalized spacial score (nSPS) is 10.5. The minimum Gasteiger partial charge on any atom is -0.481 e. The second-order valence-corrected chi connectivity index (χ2v) is 8.91. The highest BCUT2D eigenvalue weighted by atomic mass is 32.2. The Morgan fingerprint density at radius 1 is 1.06 bits per heavy atom. The summed E-state index contributed by atoms with van der Waals surface area (Å²) in [5.74, 6) is -1.17. The Hall–Kier alpha value is -3.50. The molecule has 182 valence electrons. The second-order valence-electron chi connectivity index (χ2n) is 7.11. The van der Waals surface area contributed by atoms with Crippen LogP contribution in [0.3, 0.4) is 0 Å². The zero-order chi connectivity index (χ0) is 25.2. The summed E-state index contributed by atoms with van der Waals surface area (Å²) in [6, 6.07) is 16.7. The Balaban J connectivity index is 0.00000167. The SMILES string of the molecule is CC.O=C(O)CCCn1c(SCC(=O)Nc2nc(-c3ccccc3)cs2)nc2ccccc2c1=O. The van der Waals surface area contributed by atoms with Gasteiger partial charge in [-0.15, -0.1) is 11.3 Å². The van der Waals surface area contributed by atoms with Crippen LogP contribution in [-0.4, -0.2) is 37.3 Å². The van der Waals surface area contributed by atoms with Gasteiger partial charge in [-0.3, -0.25) is 19.0 Å². The van der Waals surface area contributed by atoms with Crippen LogP contribution in [-0.2, 0) is 16.1 Å². The lowest BCUT2D eigenvalue weighted by atomic mass is 10.2. The monoisotopic (exact) mass is 510 g/mol. The van der Waals surface area contributed by atoms with E-state index in [9.17, 15) is 14.4 Å². The fraction of sp³-hybridized carbons (Fsp3) is 0.240. The number of rotatable bonds is 9. The molecule has 4 rings (SSSR count). The highest BCUT2D eigenvalue weighted by Crippen LogP contribution is 2.25. The highest BCUT2D eigenvalue weighted by molar-refractivity contribution is 7.99. The molecule has 2 aromatic carbocycles. The summed E-state index contributed by atoms with van der Waals surface area (Å²) in [6.07, 6.45) is 0.230. The average Bonchev–Trinajstić information content (AvgIpc) is 3.34. The molecule has 0 aliphatic carbocycles. The fourth-order valence-corrected chi connectivity index (χ4v) is 4.76. The van der Waals surface area contributed by atoms with Gasteiger partial charge in [0.15, 0.2) is 10.3 Å². The number of fused-ring (bicyclic) bond motifs is 1. The van der Waals surface area contributed by atoms with Crippen molar-refractivity contribution in [1.82, 2.24) is 14.5 Å². The molecule has 4 aromatic rings. The van der Waals surface area contributed by atoms with E-state index in [0.29, 0.717) is 21.2 Å². The maximum absolute atomic E-state index is 13.0. The third-order valence-corrected chi connectivity index (χ3v) is 6.49. The van der Waals surface area contributed by atoms with Crippen LogP contribution in [0, 0.1) is 0 Å². The number of hydrogen-bond acceptors (Lipinski definition) is 7. The third kappa shape index (κ3) is 7.00. The summed E-state index contributed by atoms with van der Waals surface area (Å²) in [7, 11) is 0. The lowest BCUT2D eigenvalue weighted by Crippen LogP contribution is -2.24. The second kappa shape index (κ2) is 12.8. The van der Waals surface area contributed by atoms with E-state index in [0.717, 1.165) is 23.0 Å². The lowest BCUT2D eigenvalue weighted by Gasteiger charge is -2.12. The number of carboxylic acids is 1. The standard InChI is InChI=1S/C23H20N4O4S2.C2H6/c28-19(26-22-24-18(13-32-22)15-7-2-1-3-8-15)14-33-23-25-17-10-5-4-9-16(17)21(31)27(23)12-6-11-20(29)30;1-2/h1-5,7-10,13H,6,11-12,14H2,(H,29,30)(H,24,26,28);1-2H3. The van der Waals surface area contributed by atoms with Crippen LogP contribution in [0.5, 0.6) is 0 Å². The molecule has 0 aliphatic rings. The quantitative estimate of drug-likeness (QED) is 0.237. The maximum Gasteiger partial charge on any atom is 0.303 e. The topological polar surface area (TPSA) is 114 Å². The first-order chi connectivity index (χ1) is 17.0. The van der Waals surface area contributed by atoms with Gasteiger partial charge in [0, 0.05) is 23.9 Å². The van der Waals surface area contributed by atoms with Gasteiger partial charge < -0.3 is 10.4 Å². The number of carboxylic acid groups (broad SMARTS) is 1. The summed E-state index contributed by atoms with van der Waals surface area (Å²) in [4.78, 5) is 45.4. The Labute approximate surface area is 211 Å². The number of nitrogens with zero attached hydrogens (tertiary/aromatic N) is 3. The van der Waals surface area contributed by atoms with Gasteiger partial charge >= 0.3 is 5.97 Å². The van der Waals surface area contributed by atoms with Crippen molar-refractivity contribution in [2.24, 2.45) is 0 Å². The Kier molecular flexibility index (Phi) is 9.56. The number of amides is 1. The molecule has 1 amide bonds. The van der Waals surface area contributed by atoms with E-state index >= 15 is 0 Å². The van der Waals surface area contributed by atoms with Gasteiger partial charge in [0.2, 0.25) is 5.91 Å². The number of nitrogens with one attached hydrogen (secondary N) is 1. The van der Waals surface area contributed by atoms with Gasteiger partial charge in [0.1, 0.15) is 0 Å². The average molecular weight is 511 g/mol. The first kappa shape index (κ1) is 26.1. The summed E-state index contributed by atoms with van der Waals surface area (Å²) in [6.45, 7) is 4.21. The molecule has 2 aromatic heterocycles. The van der Waals surface area contributed by atoms with Crippen LogP contribution in [0.4, 0.5) is 5.13 Å². The van der Waals surface area contributed by atoms with Gasteiger partial charge in [-0.25, -0.2) is 9.97 Å². The molecule has 2 N–H and O–H groups in total. The summed E-state index contributed by atoms with van der Waals surface area (Å²) < 4.78 is 1.44. The number of para-hydroxylation sites is 1.